The summed E-state index contributed by atoms with van der Waals surface area (Å²) in [6.07, 6.45) is 2.44. The van der Waals surface area contributed by atoms with Crippen LogP contribution < -0.4 is 0 Å². The van der Waals surface area contributed by atoms with Crippen molar-refractivity contribution in [2.75, 3.05) is 12.4 Å². The van der Waals surface area contributed by atoms with E-state index in [9.17, 15) is 4.79 Å². The van der Waals surface area contributed by atoms with Gasteiger partial charge in [0.05, 0.1) is 17.5 Å². The predicted molar refractivity (Wildman–Crippen MR) is 117 cm³/mol. The normalized spacial score (nSPS) is 16.3. The van der Waals surface area contributed by atoms with E-state index in [-0.39, 0.29) is 17.6 Å². The zero-order chi connectivity index (χ0) is 21.3. The number of carbonyl (C=O) groups excluding carboxylic acids is 1. The van der Waals surface area contributed by atoms with Gasteiger partial charge in [-0.3, -0.25) is 4.79 Å². The average Bonchev–Trinajstić information content (AvgIpc) is 3.44. The average molecular weight is 426 g/mol. The van der Waals surface area contributed by atoms with Crippen molar-refractivity contribution in [1.82, 2.24) is 24.8 Å². The van der Waals surface area contributed by atoms with Gasteiger partial charge in [-0.1, -0.05) is 29.5 Å². The SMILES string of the molecule is Cc1ccc(-n2nnnc2SCC(=O)c2cc(C)n(C[C@@H]3CCCO3)c2C)c(C)c1. The minimum absolute atomic E-state index is 0.0851. The van der Waals surface area contributed by atoms with Crippen molar-refractivity contribution in [3.63, 3.8) is 0 Å². The number of hydrogen-bond donors (Lipinski definition) is 0. The number of nitrogens with zero attached hydrogens (tertiary/aromatic N) is 5. The molecule has 1 aliphatic heterocycles. The third-order valence-corrected chi connectivity index (χ3v) is 6.56. The van der Waals surface area contributed by atoms with Crippen molar-refractivity contribution >= 4 is 17.5 Å². The number of ketones is 1. The van der Waals surface area contributed by atoms with Crippen LogP contribution in [0, 0.1) is 27.7 Å². The van der Waals surface area contributed by atoms with Gasteiger partial charge in [0.15, 0.2) is 5.78 Å². The second kappa shape index (κ2) is 8.73. The first-order valence-corrected chi connectivity index (χ1v) is 11.2. The summed E-state index contributed by atoms with van der Waals surface area (Å²) >= 11 is 1.36. The molecule has 158 valence electrons. The molecule has 0 amide bonds. The molecule has 4 rings (SSSR count). The lowest BCUT2D eigenvalue weighted by Crippen LogP contribution is -2.17. The van der Waals surface area contributed by atoms with Gasteiger partial charge in [-0.05, 0) is 68.7 Å². The summed E-state index contributed by atoms with van der Waals surface area (Å²) < 4.78 is 9.67. The second-order valence-electron chi connectivity index (χ2n) is 7.91. The maximum Gasteiger partial charge on any atom is 0.214 e. The van der Waals surface area contributed by atoms with Crippen LogP contribution in [0.4, 0.5) is 0 Å². The lowest BCUT2D eigenvalue weighted by Gasteiger charge is -2.14. The van der Waals surface area contributed by atoms with Crippen molar-refractivity contribution in [3.05, 3.63) is 52.3 Å². The lowest BCUT2D eigenvalue weighted by atomic mass is 10.1. The van der Waals surface area contributed by atoms with Crippen LogP contribution in [-0.2, 0) is 11.3 Å². The molecule has 1 atom stereocenters. The summed E-state index contributed by atoms with van der Waals surface area (Å²) in [5.41, 5.74) is 6.07. The summed E-state index contributed by atoms with van der Waals surface area (Å²) in [5.74, 6) is 0.372. The van der Waals surface area contributed by atoms with Gasteiger partial charge in [-0.25, -0.2) is 0 Å². The molecule has 0 N–H and O–H groups in total. The molecule has 1 aromatic carbocycles. The Hall–Kier alpha value is -2.45. The van der Waals surface area contributed by atoms with Crippen LogP contribution in [0.25, 0.3) is 5.69 Å². The Bertz CT molecular complexity index is 1070. The first kappa shape index (κ1) is 20.8. The van der Waals surface area contributed by atoms with Crippen LogP contribution in [-0.4, -0.2) is 49.0 Å². The zero-order valence-corrected chi connectivity index (χ0v) is 18.7. The molecule has 0 spiro atoms. The van der Waals surface area contributed by atoms with Crippen molar-refractivity contribution in [3.8, 4) is 5.69 Å². The minimum Gasteiger partial charge on any atom is -0.376 e. The molecule has 0 unspecified atom stereocenters. The van der Waals surface area contributed by atoms with Crippen LogP contribution in [0.2, 0.25) is 0 Å². The fourth-order valence-electron chi connectivity index (χ4n) is 4.03. The minimum atomic E-state index is 0.0851. The third-order valence-electron chi connectivity index (χ3n) is 5.64. The molecule has 0 saturated carbocycles. The summed E-state index contributed by atoms with van der Waals surface area (Å²) in [7, 11) is 0. The molecule has 3 aromatic rings. The number of rotatable bonds is 7. The van der Waals surface area contributed by atoms with Crippen LogP contribution >= 0.6 is 11.8 Å². The highest BCUT2D eigenvalue weighted by Gasteiger charge is 2.22. The number of ether oxygens (including phenoxy) is 1. The molecule has 1 saturated heterocycles. The van der Waals surface area contributed by atoms with E-state index in [1.165, 1.54) is 17.3 Å². The number of aromatic nitrogens is 5. The van der Waals surface area contributed by atoms with E-state index < -0.39 is 0 Å². The molecule has 0 aliphatic carbocycles. The molecule has 1 aliphatic rings. The molecule has 1 fully saturated rings. The van der Waals surface area contributed by atoms with E-state index in [0.29, 0.717) is 5.16 Å². The van der Waals surface area contributed by atoms with Gasteiger partial charge in [0.1, 0.15) is 0 Å². The molecule has 30 heavy (non-hydrogen) atoms. The highest BCUT2D eigenvalue weighted by Crippen LogP contribution is 2.25. The Kier molecular flexibility index (Phi) is 6.06. The quantitative estimate of drug-likeness (QED) is 0.423. The highest BCUT2D eigenvalue weighted by molar-refractivity contribution is 7.99. The molecule has 0 radical (unpaired) electrons. The fourth-order valence-corrected chi connectivity index (χ4v) is 4.79. The molecule has 0 bridgehead atoms. The summed E-state index contributed by atoms with van der Waals surface area (Å²) in [6.45, 7) is 9.79. The Labute approximate surface area is 180 Å². The summed E-state index contributed by atoms with van der Waals surface area (Å²) in [5, 5.41) is 12.7. The molecule has 3 heterocycles. The first-order chi connectivity index (χ1) is 14.4. The monoisotopic (exact) mass is 425 g/mol. The first-order valence-electron chi connectivity index (χ1n) is 10.2. The van der Waals surface area contributed by atoms with Crippen LogP contribution in [0.15, 0.2) is 29.4 Å². The van der Waals surface area contributed by atoms with Crippen LogP contribution in [0.1, 0.15) is 45.7 Å². The second-order valence-corrected chi connectivity index (χ2v) is 8.85. The fraction of sp³-hybridized carbons (Fsp3) is 0.455. The maximum absolute atomic E-state index is 13.0. The standard InChI is InChI=1S/C22H27N5O2S/c1-14-7-8-20(15(2)10-14)27-22(23-24-25-27)30-13-21(28)19-11-16(3)26(17(19)4)12-18-6-5-9-29-18/h7-8,10-11,18H,5-6,9,12-13H2,1-4H3/t18-/m0/s1. The number of benzene rings is 1. The Balaban J connectivity index is 1.48. The summed E-state index contributed by atoms with van der Waals surface area (Å²) in [6, 6.07) is 8.12. The van der Waals surface area contributed by atoms with Gasteiger partial charge in [0, 0.05) is 30.1 Å². The molecular weight excluding hydrogens is 398 g/mol. The van der Waals surface area contributed by atoms with E-state index in [2.05, 4.69) is 33.1 Å². The van der Waals surface area contributed by atoms with Crippen molar-refractivity contribution in [1.29, 1.82) is 0 Å². The third kappa shape index (κ3) is 4.20. The Morgan fingerprint density at radius 3 is 2.80 bits per heavy atom. The molecular formula is C22H27N5O2S. The zero-order valence-electron chi connectivity index (χ0n) is 17.9. The number of aryl methyl sites for hydroxylation is 3. The number of carbonyl (C=O) groups is 1. The van der Waals surface area contributed by atoms with Crippen molar-refractivity contribution < 1.29 is 9.53 Å². The van der Waals surface area contributed by atoms with Crippen molar-refractivity contribution in [2.45, 2.75) is 58.3 Å². The van der Waals surface area contributed by atoms with Gasteiger partial charge in [-0.15, -0.1) is 5.10 Å². The van der Waals surface area contributed by atoms with Gasteiger partial charge in [0.2, 0.25) is 5.16 Å². The van der Waals surface area contributed by atoms with Gasteiger partial charge in [-0.2, -0.15) is 4.68 Å². The van der Waals surface area contributed by atoms with Crippen LogP contribution in [0.5, 0.6) is 0 Å². The number of Topliss-reactive ketones (excluding diaryl/α,β-unsaturated/α-hetero) is 1. The van der Waals surface area contributed by atoms with E-state index in [1.807, 2.05) is 39.0 Å². The number of hydrogen-bond acceptors (Lipinski definition) is 6. The van der Waals surface area contributed by atoms with Gasteiger partial charge >= 0.3 is 0 Å². The molecule has 7 nitrogen and oxygen atoms in total. The van der Waals surface area contributed by atoms with E-state index in [0.717, 1.165) is 54.2 Å². The van der Waals surface area contributed by atoms with E-state index in [1.54, 1.807) is 4.68 Å². The number of tetrazole rings is 1. The predicted octanol–water partition coefficient (Wildman–Crippen LogP) is 3.85. The van der Waals surface area contributed by atoms with E-state index >= 15 is 0 Å². The number of thioether (sulfide) groups is 1. The molecule has 2 aromatic heterocycles. The summed E-state index contributed by atoms with van der Waals surface area (Å²) in [4.78, 5) is 13.0. The molecule has 8 heteroatoms. The smallest absolute Gasteiger partial charge is 0.214 e. The lowest BCUT2D eigenvalue weighted by molar-refractivity contribution is 0.0957. The topological polar surface area (TPSA) is 74.8 Å². The Morgan fingerprint density at radius 1 is 1.23 bits per heavy atom. The van der Waals surface area contributed by atoms with E-state index in [4.69, 9.17) is 4.74 Å². The highest BCUT2D eigenvalue weighted by atomic mass is 32.2. The van der Waals surface area contributed by atoms with Crippen LogP contribution in [0.3, 0.4) is 0 Å². The Morgan fingerprint density at radius 2 is 2.07 bits per heavy atom. The van der Waals surface area contributed by atoms with Gasteiger partial charge in [0.25, 0.3) is 0 Å². The maximum atomic E-state index is 13.0. The largest absolute Gasteiger partial charge is 0.376 e. The van der Waals surface area contributed by atoms with Gasteiger partial charge < -0.3 is 9.30 Å². The van der Waals surface area contributed by atoms with Crippen molar-refractivity contribution in [2.24, 2.45) is 0 Å².